The van der Waals surface area contributed by atoms with Crippen LogP contribution in [0.15, 0.2) is 18.5 Å². The number of hydrogen-bond acceptors (Lipinski definition) is 4. The quantitative estimate of drug-likeness (QED) is 0.882. The van der Waals surface area contributed by atoms with Crippen LogP contribution in [-0.2, 0) is 4.79 Å². The summed E-state index contributed by atoms with van der Waals surface area (Å²) in [6.45, 7) is 0.919. The van der Waals surface area contributed by atoms with Crippen molar-refractivity contribution >= 4 is 11.9 Å². The monoisotopic (exact) mass is 264 g/mol. The van der Waals surface area contributed by atoms with E-state index in [1.807, 2.05) is 0 Å². The Morgan fingerprint density at radius 3 is 2.68 bits per heavy atom. The Morgan fingerprint density at radius 1 is 1.42 bits per heavy atom. The number of aromatic nitrogens is 1. The molecule has 2 rings (SSSR count). The van der Waals surface area contributed by atoms with Gasteiger partial charge in [-0.15, -0.1) is 0 Å². The lowest BCUT2D eigenvalue weighted by Crippen LogP contribution is -2.40. The lowest BCUT2D eigenvalue weighted by molar-refractivity contribution is -0.143. The largest absolute Gasteiger partial charge is 0.494 e. The van der Waals surface area contributed by atoms with Crippen molar-refractivity contribution in [2.75, 3.05) is 20.2 Å². The van der Waals surface area contributed by atoms with Gasteiger partial charge in [0, 0.05) is 19.3 Å². The summed E-state index contributed by atoms with van der Waals surface area (Å²) in [5.74, 6) is -0.826. The number of carbonyl (C=O) groups is 2. The number of carboxylic acid groups (broad SMARTS) is 1. The molecule has 0 aromatic carbocycles. The van der Waals surface area contributed by atoms with E-state index < -0.39 is 5.97 Å². The molecule has 0 atom stereocenters. The van der Waals surface area contributed by atoms with Gasteiger partial charge in [0.25, 0.3) is 5.91 Å². The zero-order chi connectivity index (χ0) is 13.8. The second kappa shape index (κ2) is 5.69. The van der Waals surface area contributed by atoms with Gasteiger partial charge in [0.15, 0.2) is 0 Å². The molecule has 1 aliphatic heterocycles. The molecular formula is C13H16N2O4. The van der Waals surface area contributed by atoms with Crippen molar-refractivity contribution in [2.45, 2.75) is 12.8 Å². The number of ether oxygens (including phenoxy) is 1. The van der Waals surface area contributed by atoms with Crippen LogP contribution in [0, 0.1) is 5.92 Å². The molecule has 0 bridgehead atoms. The van der Waals surface area contributed by atoms with Gasteiger partial charge in [-0.1, -0.05) is 0 Å². The fraction of sp³-hybridized carbons (Fsp3) is 0.462. The van der Waals surface area contributed by atoms with E-state index in [4.69, 9.17) is 9.84 Å². The molecule has 0 unspecified atom stereocenters. The number of hydrogen-bond donors (Lipinski definition) is 1. The van der Waals surface area contributed by atoms with Crippen LogP contribution >= 0.6 is 0 Å². The smallest absolute Gasteiger partial charge is 0.306 e. The molecule has 0 aliphatic carbocycles. The van der Waals surface area contributed by atoms with Gasteiger partial charge in [-0.3, -0.25) is 14.6 Å². The summed E-state index contributed by atoms with van der Waals surface area (Å²) in [5.41, 5.74) is 0.464. The average molecular weight is 264 g/mol. The first-order valence-electron chi connectivity index (χ1n) is 6.13. The van der Waals surface area contributed by atoms with Gasteiger partial charge in [0.2, 0.25) is 0 Å². The van der Waals surface area contributed by atoms with E-state index in [0.717, 1.165) is 0 Å². The Morgan fingerprint density at radius 2 is 2.11 bits per heavy atom. The Bertz CT molecular complexity index is 481. The molecule has 0 spiro atoms. The standard InChI is InChI=1S/C13H16N2O4/c1-19-11-8-14-5-2-10(11)12(16)15-6-3-9(4-7-15)13(17)18/h2,5,8-9H,3-4,6-7H2,1H3,(H,17,18). The SMILES string of the molecule is COc1cnccc1C(=O)N1CCC(C(=O)O)CC1. The molecule has 1 aromatic rings. The highest BCUT2D eigenvalue weighted by Gasteiger charge is 2.28. The Balaban J connectivity index is 2.07. The van der Waals surface area contributed by atoms with E-state index >= 15 is 0 Å². The summed E-state index contributed by atoms with van der Waals surface area (Å²) < 4.78 is 5.11. The fourth-order valence-corrected chi connectivity index (χ4v) is 2.22. The summed E-state index contributed by atoms with van der Waals surface area (Å²) in [4.78, 5) is 28.8. The molecule has 2 heterocycles. The Hall–Kier alpha value is -2.11. The van der Waals surface area contributed by atoms with Crippen molar-refractivity contribution in [3.8, 4) is 5.75 Å². The number of nitrogens with zero attached hydrogens (tertiary/aromatic N) is 2. The van der Waals surface area contributed by atoms with Crippen LogP contribution < -0.4 is 4.74 Å². The molecular weight excluding hydrogens is 248 g/mol. The van der Waals surface area contributed by atoms with Gasteiger partial charge < -0.3 is 14.7 Å². The van der Waals surface area contributed by atoms with E-state index in [0.29, 0.717) is 37.2 Å². The van der Waals surface area contributed by atoms with Crippen LogP contribution in [0.3, 0.4) is 0 Å². The number of pyridine rings is 1. The number of aliphatic carboxylic acids is 1. The van der Waals surface area contributed by atoms with Gasteiger partial charge in [-0.25, -0.2) is 0 Å². The number of methoxy groups -OCH3 is 1. The lowest BCUT2D eigenvalue weighted by Gasteiger charge is -2.30. The molecule has 1 N–H and O–H groups in total. The van der Waals surface area contributed by atoms with Crippen LogP contribution in [-0.4, -0.2) is 47.1 Å². The van der Waals surface area contributed by atoms with Crippen LogP contribution in [0.5, 0.6) is 5.75 Å². The first-order valence-corrected chi connectivity index (χ1v) is 6.13. The van der Waals surface area contributed by atoms with E-state index in [-0.39, 0.29) is 11.8 Å². The third-order valence-electron chi connectivity index (χ3n) is 3.37. The van der Waals surface area contributed by atoms with Crippen LogP contribution in [0.4, 0.5) is 0 Å². The zero-order valence-electron chi connectivity index (χ0n) is 10.7. The highest BCUT2D eigenvalue weighted by molar-refractivity contribution is 5.96. The minimum atomic E-state index is -0.784. The van der Waals surface area contributed by atoms with E-state index in [1.165, 1.54) is 13.3 Å². The van der Waals surface area contributed by atoms with Gasteiger partial charge in [-0.05, 0) is 18.9 Å². The first-order chi connectivity index (χ1) is 9.13. The maximum atomic E-state index is 12.3. The zero-order valence-corrected chi connectivity index (χ0v) is 10.7. The van der Waals surface area contributed by atoms with Crippen LogP contribution in [0.25, 0.3) is 0 Å². The summed E-state index contributed by atoms with van der Waals surface area (Å²) >= 11 is 0. The molecule has 1 aliphatic rings. The number of rotatable bonds is 3. The minimum absolute atomic E-state index is 0.136. The second-order valence-electron chi connectivity index (χ2n) is 4.48. The Kier molecular flexibility index (Phi) is 3.99. The number of amides is 1. The first kappa shape index (κ1) is 13.3. The van der Waals surface area contributed by atoms with Crippen molar-refractivity contribution in [1.82, 2.24) is 9.88 Å². The Labute approximate surface area is 111 Å². The highest BCUT2D eigenvalue weighted by Crippen LogP contribution is 2.22. The van der Waals surface area contributed by atoms with Crippen molar-refractivity contribution in [3.05, 3.63) is 24.0 Å². The van der Waals surface area contributed by atoms with Crippen molar-refractivity contribution in [3.63, 3.8) is 0 Å². The van der Waals surface area contributed by atoms with Crippen LogP contribution in [0.2, 0.25) is 0 Å². The lowest BCUT2D eigenvalue weighted by atomic mass is 9.96. The van der Waals surface area contributed by atoms with Crippen molar-refractivity contribution in [1.29, 1.82) is 0 Å². The molecule has 6 nitrogen and oxygen atoms in total. The van der Waals surface area contributed by atoms with E-state index in [9.17, 15) is 9.59 Å². The second-order valence-corrected chi connectivity index (χ2v) is 4.48. The number of carboxylic acids is 1. The molecule has 19 heavy (non-hydrogen) atoms. The maximum Gasteiger partial charge on any atom is 0.306 e. The number of piperidine rings is 1. The molecule has 0 saturated carbocycles. The third-order valence-corrected chi connectivity index (χ3v) is 3.37. The van der Waals surface area contributed by atoms with Gasteiger partial charge in [-0.2, -0.15) is 0 Å². The predicted octanol–water partition coefficient (Wildman–Crippen LogP) is 1.03. The number of carbonyl (C=O) groups excluding carboxylic acids is 1. The molecule has 102 valence electrons. The molecule has 6 heteroatoms. The molecule has 1 amide bonds. The van der Waals surface area contributed by atoms with Gasteiger partial charge in [0.05, 0.1) is 24.8 Å². The predicted molar refractivity (Wildman–Crippen MR) is 67.1 cm³/mol. The molecule has 1 fully saturated rings. The molecule has 1 aromatic heterocycles. The maximum absolute atomic E-state index is 12.3. The molecule has 0 radical (unpaired) electrons. The molecule has 1 saturated heterocycles. The minimum Gasteiger partial charge on any atom is -0.494 e. The van der Waals surface area contributed by atoms with Crippen LogP contribution in [0.1, 0.15) is 23.2 Å². The topological polar surface area (TPSA) is 79.7 Å². The summed E-state index contributed by atoms with van der Waals surface area (Å²) in [7, 11) is 1.49. The van der Waals surface area contributed by atoms with E-state index in [2.05, 4.69) is 4.98 Å². The summed E-state index contributed by atoms with van der Waals surface area (Å²) in [5, 5.41) is 8.93. The highest BCUT2D eigenvalue weighted by atomic mass is 16.5. The fourth-order valence-electron chi connectivity index (χ4n) is 2.22. The third kappa shape index (κ3) is 2.83. The van der Waals surface area contributed by atoms with Crippen molar-refractivity contribution in [2.24, 2.45) is 5.92 Å². The van der Waals surface area contributed by atoms with E-state index in [1.54, 1.807) is 17.2 Å². The number of likely N-dealkylation sites (tertiary alicyclic amines) is 1. The van der Waals surface area contributed by atoms with Gasteiger partial charge >= 0.3 is 5.97 Å². The normalized spacial score (nSPS) is 16.2. The average Bonchev–Trinajstić information content (AvgIpc) is 2.46. The summed E-state index contributed by atoms with van der Waals surface area (Å²) in [6, 6.07) is 1.62. The summed E-state index contributed by atoms with van der Waals surface area (Å²) in [6.07, 6.45) is 4.03. The van der Waals surface area contributed by atoms with Gasteiger partial charge in [0.1, 0.15) is 5.75 Å². The van der Waals surface area contributed by atoms with Crippen molar-refractivity contribution < 1.29 is 19.4 Å².